The molecule has 1 aliphatic rings. The Morgan fingerprint density at radius 1 is 1.47 bits per heavy atom. The molecule has 82 valence electrons. The van der Waals surface area contributed by atoms with Crippen LogP contribution in [-0.4, -0.2) is 18.3 Å². The highest BCUT2D eigenvalue weighted by atomic mass is 32.2. The van der Waals surface area contributed by atoms with Gasteiger partial charge in [0, 0.05) is 35.5 Å². The van der Waals surface area contributed by atoms with Crippen molar-refractivity contribution in [3.05, 3.63) is 23.8 Å². The molecular weight excluding hydrogens is 204 g/mol. The molecule has 3 heteroatoms. The van der Waals surface area contributed by atoms with Crippen LogP contribution in [0.3, 0.4) is 0 Å². The van der Waals surface area contributed by atoms with Gasteiger partial charge in [-0.3, -0.25) is 0 Å². The molecule has 1 aromatic rings. The summed E-state index contributed by atoms with van der Waals surface area (Å²) in [6, 6.07) is 7.25. The molecule has 1 aromatic carbocycles. The van der Waals surface area contributed by atoms with Crippen LogP contribution in [0, 0.1) is 0 Å². The Morgan fingerprint density at radius 3 is 3.13 bits per heavy atom. The summed E-state index contributed by atoms with van der Waals surface area (Å²) in [6.45, 7) is 6.38. The van der Waals surface area contributed by atoms with Crippen molar-refractivity contribution >= 4 is 17.4 Å². The number of anilines is 1. The quantitative estimate of drug-likeness (QED) is 0.822. The van der Waals surface area contributed by atoms with Gasteiger partial charge in [0.05, 0.1) is 0 Å². The highest BCUT2D eigenvalue weighted by Gasteiger charge is 2.08. The molecule has 0 saturated heterocycles. The van der Waals surface area contributed by atoms with Crippen LogP contribution in [0.15, 0.2) is 23.1 Å². The zero-order chi connectivity index (χ0) is 10.7. The summed E-state index contributed by atoms with van der Waals surface area (Å²) in [7, 11) is 0. The van der Waals surface area contributed by atoms with Gasteiger partial charge in [-0.25, -0.2) is 0 Å². The zero-order valence-corrected chi connectivity index (χ0v) is 10.2. The van der Waals surface area contributed by atoms with Crippen molar-refractivity contribution in [2.24, 2.45) is 0 Å². The smallest absolute Gasteiger partial charge is 0.0481 e. The summed E-state index contributed by atoms with van der Waals surface area (Å²) in [4.78, 5) is 1.38. The van der Waals surface area contributed by atoms with Crippen LogP contribution in [0.5, 0.6) is 0 Å². The molecular formula is C12H18N2S. The van der Waals surface area contributed by atoms with Gasteiger partial charge in [-0.2, -0.15) is 0 Å². The van der Waals surface area contributed by atoms with E-state index < -0.39 is 0 Å². The Labute approximate surface area is 95.8 Å². The first-order valence-electron chi connectivity index (χ1n) is 5.48. The van der Waals surface area contributed by atoms with Crippen molar-refractivity contribution in [2.45, 2.75) is 31.3 Å². The predicted octanol–water partition coefficient (Wildman–Crippen LogP) is 2.70. The number of benzene rings is 1. The average molecular weight is 222 g/mol. The standard InChI is InChI=1S/C12H18N2S/c1-9(2)14-8-10-3-4-12-11(7-10)13-5-6-15-12/h3-4,7,9,13-14H,5-6,8H2,1-2H3. The van der Waals surface area contributed by atoms with E-state index in [0.717, 1.165) is 13.1 Å². The van der Waals surface area contributed by atoms with Crippen molar-refractivity contribution in [2.75, 3.05) is 17.6 Å². The van der Waals surface area contributed by atoms with Gasteiger partial charge in [-0.05, 0) is 17.7 Å². The minimum atomic E-state index is 0.545. The van der Waals surface area contributed by atoms with E-state index in [2.05, 4.69) is 42.7 Å². The van der Waals surface area contributed by atoms with Crippen molar-refractivity contribution < 1.29 is 0 Å². The first-order chi connectivity index (χ1) is 7.25. The minimum absolute atomic E-state index is 0.545. The summed E-state index contributed by atoms with van der Waals surface area (Å²) in [5, 5.41) is 6.88. The molecule has 0 amide bonds. The molecule has 0 fully saturated rings. The van der Waals surface area contributed by atoms with E-state index in [9.17, 15) is 0 Å². The molecule has 0 radical (unpaired) electrons. The van der Waals surface area contributed by atoms with Crippen LogP contribution in [0.2, 0.25) is 0 Å². The van der Waals surface area contributed by atoms with Gasteiger partial charge >= 0.3 is 0 Å². The summed E-state index contributed by atoms with van der Waals surface area (Å²) in [5.74, 6) is 1.18. The van der Waals surface area contributed by atoms with E-state index in [4.69, 9.17) is 0 Å². The minimum Gasteiger partial charge on any atom is -0.383 e. The lowest BCUT2D eigenvalue weighted by molar-refractivity contribution is 0.589. The normalized spacial score (nSPS) is 14.9. The van der Waals surface area contributed by atoms with Gasteiger partial charge in [-0.1, -0.05) is 19.9 Å². The molecule has 0 spiro atoms. The van der Waals surface area contributed by atoms with Crippen LogP contribution in [0.4, 0.5) is 5.69 Å². The van der Waals surface area contributed by atoms with E-state index in [0.29, 0.717) is 6.04 Å². The average Bonchev–Trinajstić information content (AvgIpc) is 2.26. The fourth-order valence-corrected chi connectivity index (χ4v) is 2.49. The van der Waals surface area contributed by atoms with E-state index in [1.54, 1.807) is 0 Å². The number of fused-ring (bicyclic) bond motifs is 1. The third-order valence-corrected chi connectivity index (χ3v) is 3.51. The highest BCUT2D eigenvalue weighted by Crippen LogP contribution is 2.31. The van der Waals surface area contributed by atoms with Crippen molar-refractivity contribution in [3.8, 4) is 0 Å². The fourth-order valence-electron chi connectivity index (χ4n) is 1.62. The predicted molar refractivity (Wildman–Crippen MR) is 67.6 cm³/mol. The molecule has 0 saturated carbocycles. The molecule has 1 aliphatic heterocycles. The lowest BCUT2D eigenvalue weighted by atomic mass is 10.2. The maximum atomic E-state index is 3.44. The van der Waals surface area contributed by atoms with Gasteiger partial charge in [0.1, 0.15) is 0 Å². The SMILES string of the molecule is CC(C)NCc1ccc2c(c1)NCCS2. The van der Waals surface area contributed by atoms with Crippen LogP contribution in [0.1, 0.15) is 19.4 Å². The van der Waals surface area contributed by atoms with E-state index >= 15 is 0 Å². The van der Waals surface area contributed by atoms with Crippen LogP contribution >= 0.6 is 11.8 Å². The van der Waals surface area contributed by atoms with E-state index in [-0.39, 0.29) is 0 Å². The highest BCUT2D eigenvalue weighted by molar-refractivity contribution is 7.99. The summed E-state index contributed by atoms with van der Waals surface area (Å²) < 4.78 is 0. The lowest BCUT2D eigenvalue weighted by Gasteiger charge is -2.18. The maximum Gasteiger partial charge on any atom is 0.0481 e. The lowest BCUT2D eigenvalue weighted by Crippen LogP contribution is -2.22. The van der Waals surface area contributed by atoms with Crippen LogP contribution in [-0.2, 0) is 6.54 Å². The third kappa shape index (κ3) is 2.89. The molecule has 0 aromatic heterocycles. The molecule has 2 N–H and O–H groups in total. The van der Waals surface area contributed by atoms with Crippen molar-refractivity contribution in [1.29, 1.82) is 0 Å². The second kappa shape index (κ2) is 4.90. The Bertz CT molecular complexity index is 336. The summed E-state index contributed by atoms with van der Waals surface area (Å²) >= 11 is 1.94. The van der Waals surface area contributed by atoms with E-state index in [1.807, 2.05) is 11.8 Å². The molecule has 0 unspecified atom stereocenters. The Morgan fingerprint density at radius 2 is 2.33 bits per heavy atom. The number of rotatable bonds is 3. The monoisotopic (exact) mass is 222 g/mol. The van der Waals surface area contributed by atoms with Crippen molar-refractivity contribution in [1.82, 2.24) is 5.32 Å². The Hall–Kier alpha value is -0.670. The van der Waals surface area contributed by atoms with Crippen molar-refractivity contribution in [3.63, 3.8) is 0 Å². The molecule has 2 rings (SSSR count). The number of hydrogen-bond donors (Lipinski definition) is 2. The van der Waals surface area contributed by atoms with Gasteiger partial charge in [0.15, 0.2) is 0 Å². The molecule has 0 aliphatic carbocycles. The van der Waals surface area contributed by atoms with E-state index in [1.165, 1.54) is 21.9 Å². The summed E-state index contributed by atoms with van der Waals surface area (Å²) in [5.41, 5.74) is 2.66. The van der Waals surface area contributed by atoms with Crippen LogP contribution < -0.4 is 10.6 Å². The molecule has 0 atom stereocenters. The van der Waals surface area contributed by atoms with Gasteiger partial charge in [-0.15, -0.1) is 11.8 Å². The second-order valence-electron chi connectivity index (χ2n) is 4.14. The maximum absolute atomic E-state index is 3.44. The number of nitrogens with one attached hydrogen (secondary N) is 2. The first kappa shape index (κ1) is 10.8. The topological polar surface area (TPSA) is 24.1 Å². The number of thioether (sulfide) groups is 1. The fraction of sp³-hybridized carbons (Fsp3) is 0.500. The second-order valence-corrected chi connectivity index (χ2v) is 5.28. The largest absolute Gasteiger partial charge is 0.383 e. The first-order valence-corrected chi connectivity index (χ1v) is 6.47. The summed E-state index contributed by atoms with van der Waals surface area (Å²) in [6.07, 6.45) is 0. The molecule has 0 bridgehead atoms. The molecule has 2 nitrogen and oxygen atoms in total. The van der Waals surface area contributed by atoms with Gasteiger partial charge < -0.3 is 10.6 Å². The number of hydrogen-bond acceptors (Lipinski definition) is 3. The molecule has 1 heterocycles. The molecule has 15 heavy (non-hydrogen) atoms. The van der Waals surface area contributed by atoms with Gasteiger partial charge in [0.25, 0.3) is 0 Å². The van der Waals surface area contributed by atoms with Gasteiger partial charge in [0.2, 0.25) is 0 Å². The van der Waals surface area contributed by atoms with Crippen LogP contribution in [0.25, 0.3) is 0 Å². The third-order valence-electron chi connectivity index (χ3n) is 2.43. The Kier molecular flexibility index (Phi) is 3.54. The Balaban J connectivity index is 2.07. The zero-order valence-electron chi connectivity index (χ0n) is 9.34.